The molecule has 0 aliphatic heterocycles. The molecule has 0 aliphatic carbocycles. The van der Waals surface area contributed by atoms with Crippen LogP contribution < -0.4 is 5.32 Å². The topological polar surface area (TPSA) is 25.2 Å². The van der Waals surface area contributed by atoms with Crippen molar-refractivity contribution < 1.29 is 8.81 Å². The summed E-state index contributed by atoms with van der Waals surface area (Å²) in [7, 11) is 0. The molecule has 0 bridgehead atoms. The van der Waals surface area contributed by atoms with Crippen LogP contribution in [0.15, 0.2) is 34.7 Å². The molecule has 0 spiro atoms. The van der Waals surface area contributed by atoms with E-state index in [4.69, 9.17) is 4.42 Å². The van der Waals surface area contributed by atoms with Crippen LogP contribution in [0.4, 0.5) is 10.1 Å². The molecule has 1 aromatic heterocycles. The molecule has 96 valence electrons. The van der Waals surface area contributed by atoms with E-state index in [2.05, 4.69) is 5.32 Å². The Balaban J connectivity index is 2.02. The molecular formula is C14H16FNOS. The van der Waals surface area contributed by atoms with Gasteiger partial charge in [-0.3, -0.25) is 0 Å². The lowest BCUT2D eigenvalue weighted by molar-refractivity contribution is 0.487. The van der Waals surface area contributed by atoms with Crippen LogP contribution in [0.3, 0.4) is 0 Å². The predicted octanol–water partition coefficient (Wildman–Crippen LogP) is 4.20. The Kier molecular flexibility index (Phi) is 4.31. The Morgan fingerprint density at radius 2 is 2.00 bits per heavy atom. The summed E-state index contributed by atoms with van der Waals surface area (Å²) in [5, 5.41) is 3.08. The third kappa shape index (κ3) is 3.07. The molecule has 1 aromatic carbocycles. The second kappa shape index (κ2) is 5.96. The summed E-state index contributed by atoms with van der Waals surface area (Å²) in [5.74, 6) is 2.40. The van der Waals surface area contributed by atoms with Crippen LogP contribution in [-0.4, -0.2) is 6.26 Å². The average molecular weight is 265 g/mol. The van der Waals surface area contributed by atoms with E-state index in [1.807, 2.05) is 31.4 Å². The molecule has 4 heteroatoms. The largest absolute Gasteiger partial charge is 0.463 e. The van der Waals surface area contributed by atoms with Gasteiger partial charge in [0, 0.05) is 0 Å². The second-order valence-corrected chi connectivity index (χ2v) is 4.95. The molecule has 0 saturated heterocycles. The number of rotatable bonds is 5. The van der Waals surface area contributed by atoms with E-state index < -0.39 is 0 Å². The molecule has 0 amide bonds. The summed E-state index contributed by atoms with van der Waals surface area (Å²) in [6, 6.07) is 8.93. The van der Waals surface area contributed by atoms with Gasteiger partial charge in [0.05, 0.1) is 18.0 Å². The summed E-state index contributed by atoms with van der Waals surface area (Å²) in [6.45, 7) is 2.38. The van der Waals surface area contributed by atoms with Gasteiger partial charge in [-0.15, -0.1) is 0 Å². The van der Waals surface area contributed by atoms with Crippen molar-refractivity contribution in [3.8, 4) is 0 Å². The second-order valence-electron chi connectivity index (χ2n) is 4.09. The molecule has 18 heavy (non-hydrogen) atoms. The highest BCUT2D eigenvalue weighted by Crippen LogP contribution is 2.20. The van der Waals surface area contributed by atoms with Crippen molar-refractivity contribution in [3.05, 3.63) is 53.2 Å². The Bertz CT molecular complexity index is 504. The van der Waals surface area contributed by atoms with E-state index in [1.54, 1.807) is 17.8 Å². The number of para-hydroxylation sites is 1. The first kappa shape index (κ1) is 13.0. The Hall–Kier alpha value is -1.42. The molecule has 0 fully saturated rings. The molecule has 2 rings (SSSR count). The standard InChI is InChI=1S/C14H16FNOS/c1-10-4-3-5-13(15)14(10)16-8-11-6-7-12(17-11)9-18-2/h3-7,16H,8-9H2,1-2H3. The number of anilines is 1. The van der Waals surface area contributed by atoms with Crippen LogP contribution in [0.1, 0.15) is 17.1 Å². The maximum absolute atomic E-state index is 13.6. The summed E-state index contributed by atoms with van der Waals surface area (Å²) in [4.78, 5) is 0. The fourth-order valence-electron chi connectivity index (χ4n) is 1.77. The average Bonchev–Trinajstić information content (AvgIpc) is 2.77. The third-order valence-corrected chi connectivity index (χ3v) is 3.24. The van der Waals surface area contributed by atoms with Crippen molar-refractivity contribution in [3.63, 3.8) is 0 Å². The smallest absolute Gasteiger partial charge is 0.146 e. The lowest BCUT2D eigenvalue weighted by Crippen LogP contribution is -2.02. The van der Waals surface area contributed by atoms with Crippen molar-refractivity contribution in [1.29, 1.82) is 0 Å². The zero-order valence-corrected chi connectivity index (χ0v) is 11.3. The number of hydrogen-bond donors (Lipinski definition) is 1. The van der Waals surface area contributed by atoms with Crippen LogP contribution in [-0.2, 0) is 12.3 Å². The van der Waals surface area contributed by atoms with Gasteiger partial charge >= 0.3 is 0 Å². The van der Waals surface area contributed by atoms with E-state index >= 15 is 0 Å². The number of thioether (sulfide) groups is 1. The van der Waals surface area contributed by atoms with Gasteiger partial charge in [-0.25, -0.2) is 4.39 Å². The molecule has 2 aromatic rings. The van der Waals surface area contributed by atoms with Gasteiger partial charge in [-0.1, -0.05) is 12.1 Å². The predicted molar refractivity (Wildman–Crippen MR) is 74.4 cm³/mol. The van der Waals surface area contributed by atoms with Crippen molar-refractivity contribution in [2.24, 2.45) is 0 Å². The first-order valence-corrected chi connectivity index (χ1v) is 7.15. The molecule has 0 radical (unpaired) electrons. The van der Waals surface area contributed by atoms with Crippen LogP contribution in [0, 0.1) is 12.7 Å². The Morgan fingerprint density at radius 3 is 2.72 bits per heavy atom. The van der Waals surface area contributed by atoms with Gasteiger partial charge in [0.2, 0.25) is 0 Å². The van der Waals surface area contributed by atoms with Gasteiger partial charge in [-0.2, -0.15) is 11.8 Å². The first-order chi connectivity index (χ1) is 8.70. The normalized spacial score (nSPS) is 10.6. The van der Waals surface area contributed by atoms with Crippen molar-refractivity contribution in [2.45, 2.75) is 19.2 Å². The molecule has 0 aliphatic rings. The number of halogens is 1. The molecule has 0 saturated carbocycles. The molecule has 1 N–H and O–H groups in total. The van der Waals surface area contributed by atoms with Gasteiger partial charge in [-0.05, 0) is 36.9 Å². The van der Waals surface area contributed by atoms with Crippen molar-refractivity contribution in [2.75, 3.05) is 11.6 Å². The Morgan fingerprint density at radius 1 is 1.22 bits per heavy atom. The van der Waals surface area contributed by atoms with Crippen LogP contribution >= 0.6 is 11.8 Å². The fraction of sp³-hybridized carbons (Fsp3) is 0.286. The first-order valence-electron chi connectivity index (χ1n) is 5.76. The van der Waals surface area contributed by atoms with Crippen molar-refractivity contribution in [1.82, 2.24) is 0 Å². The summed E-state index contributed by atoms with van der Waals surface area (Å²) in [5.41, 5.74) is 1.44. The van der Waals surface area contributed by atoms with Crippen LogP contribution in [0.5, 0.6) is 0 Å². The number of hydrogen-bond acceptors (Lipinski definition) is 3. The zero-order valence-electron chi connectivity index (χ0n) is 10.5. The minimum Gasteiger partial charge on any atom is -0.463 e. The summed E-state index contributed by atoms with van der Waals surface area (Å²) < 4.78 is 19.2. The van der Waals surface area contributed by atoms with E-state index in [1.165, 1.54) is 6.07 Å². The third-order valence-electron chi connectivity index (χ3n) is 2.67. The maximum atomic E-state index is 13.6. The summed E-state index contributed by atoms with van der Waals surface area (Å²) >= 11 is 1.71. The quantitative estimate of drug-likeness (QED) is 0.877. The number of furan rings is 1. The van der Waals surface area contributed by atoms with Gasteiger partial charge in [0.25, 0.3) is 0 Å². The molecule has 0 unspecified atom stereocenters. The van der Waals surface area contributed by atoms with E-state index in [0.717, 1.165) is 22.8 Å². The van der Waals surface area contributed by atoms with E-state index in [0.29, 0.717) is 12.2 Å². The minimum absolute atomic E-state index is 0.231. The Labute approximate surface area is 111 Å². The lowest BCUT2D eigenvalue weighted by atomic mass is 10.2. The highest BCUT2D eigenvalue weighted by Gasteiger charge is 2.06. The molecule has 0 atom stereocenters. The van der Waals surface area contributed by atoms with Crippen LogP contribution in [0.2, 0.25) is 0 Å². The van der Waals surface area contributed by atoms with Gasteiger partial charge in [0.1, 0.15) is 17.3 Å². The molecular weight excluding hydrogens is 249 g/mol. The minimum atomic E-state index is -0.231. The van der Waals surface area contributed by atoms with Crippen molar-refractivity contribution >= 4 is 17.4 Å². The molecule has 1 heterocycles. The highest BCUT2D eigenvalue weighted by molar-refractivity contribution is 7.97. The van der Waals surface area contributed by atoms with E-state index in [-0.39, 0.29) is 5.82 Å². The molecule has 2 nitrogen and oxygen atoms in total. The highest BCUT2D eigenvalue weighted by atomic mass is 32.2. The maximum Gasteiger partial charge on any atom is 0.146 e. The van der Waals surface area contributed by atoms with Gasteiger partial charge in [0.15, 0.2) is 0 Å². The summed E-state index contributed by atoms with van der Waals surface area (Å²) in [6.07, 6.45) is 2.03. The lowest BCUT2D eigenvalue weighted by Gasteiger charge is -2.08. The number of nitrogens with one attached hydrogen (secondary N) is 1. The zero-order chi connectivity index (χ0) is 13.0. The fourth-order valence-corrected chi connectivity index (χ4v) is 2.21. The number of aryl methyl sites for hydroxylation is 1. The van der Waals surface area contributed by atoms with Gasteiger partial charge < -0.3 is 9.73 Å². The monoisotopic (exact) mass is 265 g/mol. The number of benzene rings is 1. The SMILES string of the molecule is CSCc1ccc(CNc2c(C)cccc2F)o1. The van der Waals surface area contributed by atoms with Crippen LogP contribution in [0.25, 0.3) is 0 Å². The van der Waals surface area contributed by atoms with E-state index in [9.17, 15) is 4.39 Å².